The molecule has 0 spiro atoms. The molecule has 1 aliphatic rings. The minimum atomic E-state index is 0.378. The average molecular weight is 279 g/mol. The van der Waals surface area contributed by atoms with E-state index in [2.05, 4.69) is 30.6 Å². The Hall–Kier alpha value is -1.03. The lowest BCUT2D eigenvalue weighted by atomic mass is 9.66. The van der Waals surface area contributed by atoms with Crippen LogP contribution in [0, 0.1) is 11.3 Å². The Balaban J connectivity index is 2.37. The van der Waals surface area contributed by atoms with Crippen molar-refractivity contribution in [2.75, 3.05) is 13.7 Å². The largest absolute Gasteiger partial charge is 0.493 e. The van der Waals surface area contributed by atoms with Crippen LogP contribution in [-0.2, 0) is 6.54 Å². The minimum absolute atomic E-state index is 0.378. The normalized spacial score (nSPS) is 25.6. The Morgan fingerprint density at radius 2 is 2.25 bits per heavy atom. The second-order valence-corrected chi connectivity index (χ2v) is 6.83. The Labute approximate surface area is 122 Å². The van der Waals surface area contributed by atoms with Crippen molar-refractivity contribution in [1.82, 2.24) is 9.78 Å². The van der Waals surface area contributed by atoms with E-state index in [4.69, 9.17) is 10.5 Å². The van der Waals surface area contributed by atoms with Gasteiger partial charge in [0.25, 0.3) is 0 Å². The molecule has 1 aromatic heterocycles. The van der Waals surface area contributed by atoms with Crippen LogP contribution in [0.2, 0.25) is 0 Å². The molecule has 1 aromatic rings. The van der Waals surface area contributed by atoms with Crippen molar-refractivity contribution in [2.45, 2.75) is 58.9 Å². The van der Waals surface area contributed by atoms with Gasteiger partial charge in [-0.05, 0) is 43.6 Å². The van der Waals surface area contributed by atoms with Crippen LogP contribution in [0.5, 0.6) is 5.75 Å². The van der Waals surface area contributed by atoms with Crippen molar-refractivity contribution < 1.29 is 4.74 Å². The summed E-state index contributed by atoms with van der Waals surface area (Å²) in [5.74, 6) is 1.94. The van der Waals surface area contributed by atoms with E-state index in [1.807, 2.05) is 6.20 Å². The summed E-state index contributed by atoms with van der Waals surface area (Å²) in [5, 5.41) is 4.52. The van der Waals surface area contributed by atoms with Crippen LogP contribution in [0.25, 0.3) is 0 Å². The van der Waals surface area contributed by atoms with E-state index < -0.39 is 0 Å². The Morgan fingerprint density at radius 1 is 1.50 bits per heavy atom. The SMILES string of the molecule is CCCn1ncc(OC)c1C1CC(C)(C)CCC1CN. The molecule has 2 atom stereocenters. The molecule has 114 valence electrons. The summed E-state index contributed by atoms with van der Waals surface area (Å²) in [6.45, 7) is 8.61. The van der Waals surface area contributed by atoms with Gasteiger partial charge in [-0.15, -0.1) is 0 Å². The highest BCUT2D eigenvalue weighted by atomic mass is 16.5. The number of methoxy groups -OCH3 is 1. The van der Waals surface area contributed by atoms with Crippen LogP contribution in [0.3, 0.4) is 0 Å². The number of aryl methyl sites for hydroxylation is 1. The monoisotopic (exact) mass is 279 g/mol. The standard InChI is InChI=1S/C16H29N3O/c1-5-8-19-15(14(20-4)11-18-19)13-9-16(2,3)7-6-12(13)10-17/h11-13H,5-10,17H2,1-4H3. The highest BCUT2D eigenvalue weighted by molar-refractivity contribution is 5.30. The predicted molar refractivity (Wildman–Crippen MR) is 82.0 cm³/mol. The van der Waals surface area contributed by atoms with Crippen molar-refractivity contribution in [3.05, 3.63) is 11.9 Å². The lowest BCUT2D eigenvalue weighted by Crippen LogP contribution is -2.34. The first-order chi connectivity index (χ1) is 9.52. The molecule has 1 saturated carbocycles. The molecule has 1 heterocycles. The van der Waals surface area contributed by atoms with Gasteiger partial charge in [0.15, 0.2) is 5.75 Å². The first-order valence-electron chi connectivity index (χ1n) is 7.82. The van der Waals surface area contributed by atoms with Gasteiger partial charge in [0.1, 0.15) is 0 Å². The van der Waals surface area contributed by atoms with Crippen molar-refractivity contribution in [3.8, 4) is 5.75 Å². The zero-order valence-electron chi connectivity index (χ0n) is 13.4. The van der Waals surface area contributed by atoms with E-state index in [0.717, 1.165) is 25.3 Å². The van der Waals surface area contributed by atoms with Gasteiger partial charge in [-0.25, -0.2) is 0 Å². The van der Waals surface area contributed by atoms with Gasteiger partial charge >= 0.3 is 0 Å². The van der Waals surface area contributed by atoms with Crippen LogP contribution in [0.15, 0.2) is 6.20 Å². The van der Waals surface area contributed by atoms with Crippen molar-refractivity contribution in [1.29, 1.82) is 0 Å². The lowest BCUT2D eigenvalue weighted by molar-refractivity contribution is 0.158. The third-order valence-electron chi connectivity index (χ3n) is 4.69. The summed E-state index contributed by atoms with van der Waals surface area (Å²) in [7, 11) is 1.74. The third-order valence-corrected chi connectivity index (χ3v) is 4.69. The first kappa shape index (κ1) is 15.4. The van der Waals surface area contributed by atoms with E-state index >= 15 is 0 Å². The van der Waals surface area contributed by atoms with E-state index in [1.165, 1.54) is 25.0 Å². The number of hydrogen-bond acceptors (Lipinski definition) is 3. The van der Waals surface area contributed by atoms with E-state index in [9.17, 15) is 0 Å². The molecule has 1 fully saturated rings. The van der Waals surface area contributed by atoms with Gasteiger partial charge in [-0.1, -0.05) is 20.8 Å². The number of rotatable bonds is 5. The van der Waals surface area contributed by atoms with Crippen LogP contribution in [-0.4, -0.2) is 23.4 Å². The molecule has 4 heteroatoms. The number of hydrogen-bond donors (Lipinski definition) is 1. The molecule has 4 nitrogen and oxygen atoms in total. The van der Waals surface area contributed by atoms with Gasteiger partial charge in [0.05, 0.1) is 19.0 Å². The Kier molecular flexibility index (Phi) is 4.74. The zero-order valence-corrected chi connectivity index (χ0v) is 13.4. The van der Waals surface area contributed by atoms with Gasteiger partial charge in [-0.2, -0.15) is 5.10 Å². The van der Waals surface area contributed by atoms with Crippen LogP contribution < -0.4 is 10.5 Å². The van der Waals surface area contributed by atoms with Crippen molar-refractivity contribution >= 4 is 0 Å². The fourth-order valence-electron chi connectivity index (χ4n) is 3.54. The molecule has 0 amide bonds. The summed E-state index contributed by atoms with van der Waals surface area (Å²) in [6.07, 6.45) is 6.58. The van der Waals surface area contributed by atoms with Crippen molar-refractivity contribution in [2.24, 2.45) is 17.1 Å². The third kappa shape index (κ3) is 3.00. The van der Waals surface area contributed by atoms with E-state index in [-0.39, 0.29) is 0 Å². The summed E-state index contributed by atoms with van der Waals surface area (Å²) < 4.78 is 7.69. The quantitative estimate of drug-likeness (QED) is 0.900. The van der Waals surface area contributed by atoms with Gasteiger partial charge < -0.3 is 10.5 Å². The molecule has 0 bridgehead atoms. The maximum Gasteiger partial charge on any atom is 0.160 e. The maximum atomic E-state index is 6.03. The molecule has 2 N–H and O–H groups in total. The van der Waals surface area contributed by atoms with Crippen molar-refractivity contribution in [3.63, 3.8) is 0 Å². The summed E-state index contributed by atoms with van der Waals surface area (Å²) in [4.78, 5) is 0. The Bertz CT molecular complexity index is 439. The smallest absolute Gasteiger partial charge is 0.160 e. The topological polar surface area (TPSA) is 53.1 Å². The van der Waals surface area contributed by atoms with E-state index in [0.29, 0.717) is 17.3 Å². The highest BCUT2D eigenvalue weighted by Crippen LogP contribution is 2.48. The second-order valence-electron chi connectivity index (χ2n) is 6.83. The van der Waals surface area contributed by atoms with Gasteiger partial charge in [0, 0.05) is 12.5 Å². The molecule has 0 aromatic carbocycles. The van der Waals surface area contributed by atoms with Crippen LogP contribution >= 0.6 is 0 Å². The summed E-state index contributed by atoms with van der Waals surface area (Å²) >= 11 is 0. The predicted octanol–water partition coefficient (Wildman–Crippen LogP) is 3.17. The fourth-order valence-corrected chi connectivity index (χ4v) is 3.54. The fraction of sp³-hybridized carbons (Fsp3) is 0.812. The lowest BCUT2D eigenvalue weighted by Gasteiger charge is -2.40. The summed E-state index contributed by atoms with van der Waals surface area (Å²) in [6, 6.07) is 0. The molecule has 0 saturated heterocycles. The molecule has 0 radical (unpaired) electrons. The Morgan fingerprint density at radius 3 is 2.85 bits per heavy atom. The maximum absolute atomic E-state index is 6.03. The second kappa shape index (κ2) is 6.17. The zero-order chi connectivity index (χ0) is 14.8. The number of aromatic nitrogens is 2. The van der Waals surface area contributed by atoms with Crippen LogP contribution in [0.1, 0.15) is 58.1 Å². The first-order valence-corrected chi connectivity index (χ1v) is 7.82. The highest BCUT2D eigenvalue weighted by Gasteiger charge is 2.38. The summed E-state index contributed by atoms with van der Waals surface area (Å²) in [5.41, 5.74) is 7.67. The number of ether oxygens (including phenoxy) is 1. The molecular weight excluding hydrogens is 250 g/mol. The molecule has 1 aliphatic carbocycles. The van der Waals surface area contributed by atoms with E-state index in [1.54, 1.807) is 7.11 Å². The molecular formula is C16H29N3O. The minimum Gasteiger partial charge on any atom is -0.493 e. The van der Waals surface area contributed by atoms with Crippen LogP contribution in [0.4, 0.5) is 0 Å². The molecule has 2 rings (SSSR count). The average Bonchev–Trinajstić information content (AvgIpc) is 2.81. The van der Waals surface area contributed by atoms with Gasteiger partial charge in [-0.3, -0.25) is 4.68 Å². The molecule has 2 unspecified atom stereocenters. The number of nitrogens with two attached hydrogens (primary N) is 1. The van der Waals surface area contributed by atoms with Gasteiger partial charge in [0.2, 0.25) is 0 Å². The number of nitrogens with zero attached hydrogens (tertiary/aromatic N) is 2. The molecule has 0 aliphatic heterocycles. The molecule has 20 heavy (non-hydrogen) atoms.